The van der Waals surface area contributed by atoms with Gasteiger partial charge in [0.1, 0.15) is 30.2 Å². The first-order chi connectivity index (χ1) is 27.1. The number of nitrogens with one attached hydrogen (secondary N) is 3. The molecule has 0 aliphatic carbocycles. The number of halogens is 4. The number of benzene rings is 2. The van der Waals surface area contributed by atoms with Gasteiger partial charge in [-0.3, -0.25) is 9.59 Å². The molecule has 3 N–H and O–H groups in total. The molecule has 11 nitrogen and oxygen atoms in total. The molecule has 0 spiro atoms. The van der Waals surface area contributed by atoms with Crippen LogP contribution >= 0.6 is 22.6 Å². The number of nitrogens with zero attached hydrogens (tertiary/aromatic N) is 3. The number of rotatable bonds is 20. The summed E-state index contributed by atoms with van der Waals surface area (Å²) in [6.07, 6.45) is 6.30. The quantitative estimate of drug-likeness (QED) is 0.0497. The zero-order valence-corrected chi connectivity index (χ0v) is 34.2. The molecule has 306 valence electrons. The highest BCUT2D eigenvalue weighted by molar-refractivity contribution is 14.1. The summed E-state index contributed by atoms with van der Waals surface area (Å²) in [5.41, 5.74) is 1.16. The molecular weight excluding hydrogens is 840 g/mol. The first-order valence-electron chi connectivity index (χ1n) is 19.7. The Morgan fingerprint density at radius 2 is 1.80 bits per heavy atom. The number of urea groups is 1. The third-order valence-electron chi connectivity index (χ3n) is 10.3. The van der Waals surface area contributed by atoms with Crippen LogP contribution in [0.4, 0.5) is 18.0 Å². The molecular formula is C41H54F3IN6O5. The van der Waals surface area contributed by atoms with Gasteiger partial charge in [-0.15, -0.1) is 0 Å². The van der Waals surface area contributed by atoms with Gasteiger partial charge in [0.15, 0.2) is 0 Å². The Balaban J connectivity index is 1.34. The van der Waals surface area contributed by atoms with Gasteiger partial charge in [-0.25, -0.2) is 22.9 Å². The third kappa shape index (κ3) is 12.9. The van der Waals surface area contributed by atoms with Gasteiger partial charge in [0, 0.05) is 70.0 Å². The Morgan fingerprint density at radius 1 is 1.05 bits per heavy atom. The molecule has 0 radical (unpaired) electrons. The second kappa shape index (κ2) is 22.3. The zero-order chi connectivity index (χ0) is 39.9. The minimum Gasteiger partial charge on any atom is -0.463 e. The van der Waals surface area contributed by atoms with Crippen molar-refractivity contribution in [3.8, 4) is 11.3 Å². The number of carbonyl (C=O) groups excluding carboxylic acids is 3. The van der Waals surface area contributed by atoms with Crippen LogP contribution < -0.4 is 16.0 Å². The molecule has 0 bridgehead atoms. The van der Waals surface area contributed by atoms with Crippen LogP contribution in [-0.2, 0) is 25.6 Å². The smallest absolute Gasteiger partial charge is 0.318 e. The van der Waals surface area contributed by atoms with Crippen molar-refractivity contribution in [1.82, 2.24) is 30.4 Å². The molecule has 15 heteroatoms. The van der Waals surface area contributed by atoms with E-state index in [-0.39, 0.29) is 55.2 Å². The Kier molecular flexibility index (Phi) is 17.3. The number of hydrogen-bond donors (Lipinski definition) is 3. The van der Waals surface area contributed by atoms with Gasteiger partial charge >= 0.3 is 12.0 Å². The number of alkyl halides is 2. The van der Waals surface area contributed by atoms with E-state index in [9.17, 15) is 18.8 Å². The van der Waals surface area contributed by atoms with Crippen molar-refractivity contribution < 1.29 is 37.0 Å². The van der Waals surface area contributed by atoms with Crippen LogP contribution in [0.5, 0.6) is 0 Å². The fourth-order valence-corrected chi connectivity index (χ4v) is 7.58. The fourth-order valence-electron chi connectivity index (χ4n) is 7.31. The lowest BCUT2D eigenvalue weighted by Crippen LogP contribution is -2.51. The van der Waals surface area contributed by atoms with Gasteiger partial charge in [0.05, 0.1) is 22.2 Å². The minimum atomic E-state index is -1.18. The average molecular weight is 895 g/mol. The largest absolute Gasteiger partial charge is 0.463 e. The van der Waals surface area contributed by atoms with Crippen LogP contribution in [0, 0.1) is 23.5 Å². The van der Waals surface area contributed by atoms with Crippen molar-refractivity contribution in [3.05, 3.63) is 77.8 Å². The van der Waals surface area contributed by atoms with Crippen molar-refractivity contribution in [2.24, 2.45) is 11.8 Å². The van der Waals surface area contributed by atoms with E-state index < -0.39 is 41.8 Å². The first-order valence-corrected chi connectivity index (χ1v) is 21.2. The van der Waals surface area contributed by atoms with E-state index in [1.54, 1.807) is 18.0 Å². The molecule has 0 unspecified atom stereocenters. The van der Waals surface area contributed by atoms with E-state index in [4.69, 9.17) is 14.5 Å². The van der Waals surface area contributed by atoms with Gasteiger partial charge in [-0.1, -0.05) is 72.2 Å². The summed E-state index contributed by atoms with van der Waals surface area (Å²) in [6, 6.07) is 11.2. The van der Waals surface area contributed by atoms with E-state index >= 15 is 8.78 Å². The predicted octanol–water partition coefficient (Wildman–Crippen LogP) is 6.74. The maximum absolute atomic E-state index is 15.3. The number of amides is 3. The van der Waals surface area contributed by atoms with Crippen LogP contribution in [0.15, 0.2) is 54.7 Å². The average Bonchev–Trinajstić information content (AvgIpc) is 3.81. The fraction of sp³-hybridized carbons (Fsp3) is 0.561. The van der Waals surface area contributed by atoms with E-state index in [1.165, 1.54) is 0 Å². The first kappa shape index (κ1) is 43.4. The lowest BCUT2D eigenvalue weighted by Gasteiger charge is -2.40. The number of ether oxygens (including phenoxy) is 2. The molecule has 2 aromatic carbocycles. The van der Waals surface area contributed by atoms with Crippen LogP contribution in [0.25, 0.3) is 11.3 Å². The molecule has 3 aromatic rings. The molecule has 5 rings (SSSR count). The van der Waals surface area contributed by atoms with E-state index in [1.807, 2.05) is 57.5 Å². The SMILES string of the molecule is C[C@@H](COC(=O)CCCCCCCNC(=O)CI)NC(=O)N(C[C@@H]1CNC[C@@H]1F)[C@@H](c1nc(-c2cc(F)ccc2F)cn1Cc1ccccc1)C1CCOCC1. The summed E-state index contributed by atoms with van der Waals surface area (Å²) in [4.78, 5) is 45.1. The van der Waals surface area contributed by atoms with Crippen molar-refractivity contribution in [2.75, 3.05) is 50.4 Å². The maximum Gasteiger partial charge on any atom is 0.318 e. The third-order valence-corrected chi connectivity index (χ3v) is 11.0. The van der Waals surface area contributed by atoms with Crippen molar-refractivity contribution in [2.45, 2.75) is 83.1 Å². The molecule has 2 aliphatic heterocycles. The Hall–Kier alpha value is -3.70. The Labute approximate surface area is 341 Å². The van der Waals surface area contributed by atoms with Crippen LogP contribution in [0.1, 0.15) is 75.7 Å². The molecule has 56 heavy (non-hydrogen) atoms. The molecule has 3 amide bonds. The number of hydrogen-bond acceptors (Lipinski definition) is 7. The van der Waals surface area contributed by atoms with Crippen molar-refractivity contribution in [3.63, 3.8) is 0 Å². The maximum atomic E-state index is 15.3. The lowest BCUT2D eigenvalue weighted by atomic mass is 9.89. The number of esters is 1. The van der Waals surface area contributed by atoms with Gasteiger partial charge in [0.25, 0.3) is 0 Å². The standard InChI is InChI=1S/C41H54F3IN6O5/c1-28(27-56-38(53)12-8-3-2-4-9-17-47-37(52)21-45)48-41(54)51(25-31-22-46-23-35(31)44)39(30-15-18-55-19-16-30)40-49-36(33-20-32(42)13-14-34(33)43)26-50(40)24-29-10-6-5-7-11-29/h5-7,10-11,13-14,20,26,28,30-31,35,39,46H,2-4,8-9,12,15-19,21-25,27H2,1H3,(H,47,52)(H,48,54)/t28-,31-,35-,39+/m0/s1. The summed E-state index contributed by atoms with van der Waals surface area (Å²) >= 11 is 2.03. The second-order valence-electron chi connectivity index (χ2n) is 14.7. The summed E-state index contributed by atoms with van der Waals surface area (Å²) in [7, 11) is 0. The normalized spacial score (nSPS) is 18.3. The van der Waals surface area contributed by atoms with Crippen LogP contribution in [0.2, 0.25) is 0 Å². The number of imidazole rings is 1. The zero-order valence-electron chi connectivity index (χ0n) is 32.0. The van der Waals surface area contributed by atoms with Crippen molar-refractivity contribution in [1.29, 1.82) is 0 Å². The highest BCUT2D eigenvalue weighted by Gasteiger charge is 2.40. The molecule has 2 aliphatic rings. The predicted molar refractivity (Wildman–Crippen MR) is 216 cm³/mol. The topological polar surface area (TPSA) is 127 Å². The van der Waals surface area contributed by atoms with Gasteiger partial charge in [-0.05, 0) is 62.3 Å². The highest BCUT2D eigenvalue weighted by Crippen LogP contribution is 2.38. The summed E-state index contributed by atoms with van der Waals surface area (Å²) in [5, 5.41) is 8.95. The van der Waals surface area contributed by atoms with Gasteiger partial charge in [0.2, 0.25) is 5.91 Å². The number of unbranched alkanes of at least 4 members (excludes halogenated alkanes) is 4. The van der Waals surface area contributed by atoms with Crippen molar-refractivity contribution >= 4 is 40.5 Å². The molecule has 3 heterocycles. The summed E-state index contributed by atoms with van der Waals surface area (Å²) in [6.45, 7) is 4.25. The van der Waals surface area contributed by atoms with Crippen LogP contribution in [0.3, 0.4) is 0 Å². The lowest BCUT2D eigenvalue weighted by molar-refractivity contribution is -0.144. The Morgan fingerprint density at radius 3 is 2.54 bits per heavy atom. The van der Waals surface area contributed by atoms with E-state index in [0.29, 0.717) is 62.4 Å². The highest BCUT2D eigenvalue weighted by atomic mass is 127. The van der Waals surface area contributed by atoms with Gasteiger partial charge < -0.3 is 34.9 Å². The van der Waals surface area contributed by atoms with E-state index in [0.717, 1.165) is 49.4 Å². The molecule has 1 aromatic heterocycles. The number of aromatic nitrogens is 2. The van der Waals surface area contributed by atoms with Gasteiger partial charge in [-0.2, -0.15) is 0 Å². The molecule has 2 fully saturated rings. The molecule has 2 saturated heterocycles. The number of carbonyl (C=O) groups is 3. The minimum absolute atomic E-state index is 0.00352. The molecule has 4 atom stereocenters. The van der Waals surface area contributed by atoms with Crippen LogP contribution in [-0.4, -0.2) is 95.0 Å². The monoisotopic (exact) mass is 894 g/mol. The summed E-state index contributed by atoms with van der Waals surface area (Å²) < 4.78 is 58.6. The van der Waals surface area contributed by atoms with E-state index in [2.05, 4.69) is 16.0 Å². The second-order valence-corrected chi connectivity index (χ2v) is 15.5. The summed E-state index contributed by atoms with van der Waals surface area (Å²) in [5.74, 6) is -1.73. The molecule has 0 saturated carbocycles. The Bertz CT molecular complexity index is 1710.